The zero-order chi connectivity index (χ0) is 25.5. The van der Waals surface area contributed by atoms with Gasteiger partial charge in [-0.3, -0.25) is 4.79 Å². The standard InChI is InChI=1S/C27H29BrN4O4/c28-20-3-1-2-17(12-20)16-35-24-13-19(27(33)31-22-8-6-21(29)7-9-22)14-25(15-24)36-23-10-4-18(5-11-23)26(30)32-34/h1-5,10-15,21-22,34H,6-9,16,29H2,(H2,30,32)(H,31,33). The summed E-state index contributed by atoms with van der Waals surface area (Å²) < 4.78 is 13.0. The third-order valence-corrected chi connectivity index (χ3v) is 6.53. The number of hydrogen-bond donors (Lipinski definition) is 4. The molecule has 0 bridgehead atoms. The molecule has 1 amide bonds. The van der Waals surface area contributed by atoms with Crippen molar-refractivity contribution in [2.75, 3.05) is 0 Å². The number of oxime groups is 1. The highest BCUT2D eigenvalue weighted by Gasteiger charge is 2.21. The van der Waals surface area contributed by atoms with Gasteiger partial charge in [0.05, 0.1) is 0 Å². The number of nitrogens with one attached hydrogen (secondary N) is 1. The van der Waals surface area contributed by atoms with Gasteiger partial charge in [0.2, 0.25) is 0 Å². The molecule has 0 saturated heterocycles. The minimum Gasteiger partial charge on any atom is -0.489 e. The number of benzene rings is 3. The second-order valence-electron chi connectivity index (χ2n) is 8.81. The Labute approximate surface area is 218 Å². The number of nitrogens with zero attached hydrogens (tertiary/aromatic N) is 1. The number of halogens is 1. The van der Waals surface area contributed by atoms with E-state index in [0.29, 0.717) is 35.0 Å². The Morgan fingerprint density at radius 2 is 1.69 bits per heavy atom. The van der Waals surface area contributed by atoms with Crippen molar-refractivity contribution in [3.05, 3.63) is 87.9 Å². The van der Waals surface area contributed by atoms with E-state index in [1.54, 1.807) is 42.5 Å². The Morgan fingerprint density at radius 1 is 0.972 bits per heavy atom. The highest BCUT2D eigenvalue weighted by Crippen LogP contribution is 2.29. The molecule has 0 aromatic heterocycles. The van der Waals surface area contributed by atoms with Crippen LogP contribution in [0.5, 0.6) is 17.2 Å². The summed E-state index contributed by atoms with van der Waals surface area (Å²) in [5, 5.41) is 15.0. The third-order valence-electron chi connectivity index (χ3n) is 6.04. The molecule has 4 rings (SSSR count). The second-order valence-corrected chi connectivity index (χ2v) is 9.72. The lowest BCUT2D eigenvalue weighted by Crippen LogP contribution is -2.40. The zero-order valence-electron chi connectivity index (χ0n) is 19.7. The average molecular weight is 553 g/mol. The predicted molar refractivity (Wildman–Crippen MR) is 142 cm³/mol. The lowest BCUT2D eigenvalue weighted by Gasteiger charge is -2.26. The summed E-state index contributed by atoms with van der Waals surface area (Å²) in [4.78, 5) is 13.1. The first kappa shape index (κ1) is 25.5. The van der Waals surface area contributed by atoms with Gasteiger partial charge >= 0.3 is 0 Å². The van der Waals surface area contributed by atoms with Crippen LogP contribution in [-0.4, -0.2) is 29.0 Å². The second kappa shape index (κ2) is 11.9. The quantitative estimate of drug-likeness (QED) is 0.136. The normalized spacial score (nSPS) is 17.9. The number of carbonyl (C=O) groups is 1. The van der Waals surface area contributed by atoms with Crippen molar-refractivity contribution in [3.63, 3.8) is 0 Å². The van der Waals surface area contributed by atoms with E-state index in [1.807, 2.05) is 24.3 Å². The van der Waals surface area contributed by atoms with Crippen LogP contribution in [0.3, 0.4) is 0 Å². The smallest absolute Gasteiger partial charge is 0.251 e. The summed E-state index contributed by atoms with van der Waals surface area (Å²) in [5.41, 5.74) is 13.6. The molecule has 1 aliphatic rings. The van der Waals surface area contributed by atoms with E-state index in [9.17, 15) is 4.79 Å². The number of nitrogens with two attached hydrogens (primary N) is 2. The molecule has 1 fully saturated rings. The Bertz CT molecular complexity index is 1220. The number of amides is 1. The molecule has 188 valence electrons. The number of amidine groups is 1. The lowest BCUT2D eigenvalue weighted by molar-refractivity contribution is 0.0925. The molecule has 6 N–H and O–H groups in total. The van der Waals surface area contributed by atoms with Crippen molar-refractivity contribution >= 4 is 27.7 Å². The summed E-state index contributed by atoms with van der Waals surface area (Å²) in [5.74, 6) is 1.31. The van der Waals surface area contributed by atoms with E-state index in [-0.39, 0.29) is 23.8 Å². The zero-order valence-corrected chi connectivity index (χ0v) is 21.3. The molecule has 8 nitrogen and oxygen atoms in total. The van der Waals surface area contributed by atoms with E-state index < -0.39 is 0 Å². The highest BCUT2D eigenvalue weighted by molar-refractivity contribution is 9.10. The van der Waals surface area contributed by atoms with Crippen LogP contribution in [0.2, 0.25) is 0 Å². The number of rotatable bonds is 8. The number of hydrogen-bond acceptors (Lipinski definition) is 6. The Kier molecular flexibility index (Phi) is 8.45. The summed E-state index contributed by atoms with van der Waals surface area (Å²) in [6.07, 6.45) is 3.52. The van der Waals surface area contributed by atoms with Crippen LogP contribution in [0.15, 0.2) is 76.4 Å². The molecule has 0 atom stereocenters. The minimum atomic E-state index is -0.185. The van der Waals surface area contributed by atoms with Gasteiger partial charge in [-0.2, -0.15) is 0 Å². The molecular weight excluding hydrogens is 524 g/mol. The number of ether oxygens (including phenoxy) is 2. The van der Waals surface area contributed by atoms with Gasteiger partial charge in [-0.25, -0.2) is 0 Å². The average Bonchev–Trinajstić information content (AvgIpc) is 2.89. The highest BCUT2D eigenvalue weighted by atomic mass is 79.9. The molecule has 36 heavy (non-hydrogen) atoms. The molecule has 0 aliphatic heterocycles. The molecule has 1 saturated carbocycles. The van der Waals surface area contributed by atoms with Crippen LogP contribution in [0.25, 0.3) is 0 Å². The van der Waals surface area contributed by atoms with Crippen LogP contribution in [0.4, 0.5) is 0 Å². The van der Waals surface area contributed by atoms with Gasteiger partial charge in [0.25, 0.3) is 5.91 Å². The predicted octanol–water partition coefficient (Wildman–Crippen LogP) is 4.91. The first-order valence-corrected chi connectivity index (χ1v) is 12.5. The van der Waals surface area contributed by atoms with Crippen molar-refractivity contribution in [2.45, 2.75) is 44.4 Å². The molecule has 3 aromatic rings. The maximum absolute atomic E-state index is 13.1. The topological polar surface area (TPSA) is 132 Å². The first-order valence-electron chi connectivity index (χ1n) is 11.7. The van der Waals surface area contributed by atoms with Gasteiger partial charge in [0.15, 0.2) is 5.84 Å². The van der Waals surface area contributed by atoms with Gasteiger partial charge in [-0.05, 0) is 79.8 Å². The Hall–Kier alpha value is -3.56. The molecule has 0 unspecified atom stereocenters. The third kappa shape index (κ3) is 6.99. The molecule has 0 heterocycles. The van der Waals surface area contributed by atoms with Crippen molar-refractivity contribution in [2.24, 2.45) is 16.6 Å². The Morgan fingerprint density at radius 3 is 2.39 bits per heavy atom. The molecule has 0 spiro atoms. The molecule has 3 aromatic carbocycles. The summed E-state index contributed by atoms with van der Waals surface area (Å²) >= 11 is 3.47. The van der Waals surface area contributed by atoms with Crippen LogP contribution >= 0.6 is 15.9 Å². The largest absolute Gasteiger partial charge is 0.489 e. The van der Waals surface area contributed by atoms with E-state index in [0.717, 1.165) is 35.7 Å². The van der Waals surface area contributed by atoms with Gasteiger partial charge in [0, 0.05) is 33.7 Å². The van der Waals surface area contributed by atoms with Crippen molar-refractivity contribution in [3.8, 4) is 17.2 Å². The van der Waals surface area contributed by atoms with E-state index >= 15 is 0 Å². The fraction of sp³-hybridized carbons (Fsp3) is 0.259. The maximum Gasteiger partial charge on any atom is 0.251 e. The van der Waals surface area contributed by atoms with Crippen LogP contribution in [-0.2, 0) is 6.61 Å². The Balaban J connectivity index is 1.54. The fourth-order valence-electron chi connectivity index (χ4n) is 4.06. The van der Waals surface area contributed by atoms with Gasteiger partial charge in [0.1, 0.15) is 23.9 Å². The fourth-order valence-corrected chi connectivity index (χ4v) is 4.50. The molecule has 9 heteroatoms. The van der Waals surface area contributed by atoms with Crippen molar-refractivity contribution in [1.82, 2.24) is 5.32 Å². The van der Waals surface area contributed by atoms with Crippen molar-refractivity contribution in [1.29, 1.82) is 0 Å². The molecule has 1 aliphatic carbocycles. The van der Waals surface area contributed by atoms with Gasteiger partial charge < -0.3 is 31.5 Å². The molecular formula is C27H29BrN4O4. The SMILES string of the molecule is N/C(=N\O)c1ccc(Oc2cc(OCc3cccc(Br)c3)cc(C(=O)NC3CCC(N)CC3)c2)cc1. The van der Waals surface area contributed by atoms with Crippen LogP contribution in [0, 0.1) is 0 Å². The van der Waals surface area contributed by atoms with Gasteiger partial charge in [-0.1, -0.05) is 33.2 Å². The first-order chi connectivity index (χ1) is 17.4. The number of carbonyl (C=O) groups excluding carboxylic acids is 1. The summed E-state index contributed by atoms with van der Waals surface area (Å²) in [6.45, 7) is 0.332. The van der Waals surface area contributed by atoms with Gasteiger partial charge in [-0.15, -0.1) is 0 Å². The van der Waals surface area contributed by atoms with Crippen molar-refractivity contribution < 1.29 is 19.5 Å². The minimum absolute atomic E-state index is 0.00659. The van der Waals surface area contributed by atoms with Crippen LogP contribution in [0.1, 0.15) is 47.2 Å². The summed E-state index contributed by atoms with van der Waals surface area (Å²) in [7, 11) is 0. The maximum atomic E-state index is 13.1. The lowest BCUT2D eigenvalue weighted by atomic mass is 9.91. The van der Waals surface area contributed by atoms with E-state index in [1.165, 1.54) is 0 Å². The molecule has 0 radical (unpaired) electrons. The summed E-state index contributed by atoms with van der Waals surface area (Å²) in [6, 6.07) is 20.0. The monoisotopic (exact) mass is 552 g/mol. The van der Waals surface area contributed by atoms with Crippen LogP contribution < -0.4 is 26.3 Å². The van der Waals surface area contributed by atoms with E-state index in [4.69, 9.17) is 26.1 Å². The van der Waals surface area contributed by atoms with E-state index in [2.05, 4.69) is 26.4 Å².